The van der Waals surface area contributed by atoms with Crippen molar-refractivity contribution in [1.82, 2.24) is 4.98 Å². The van der Waals surface area contributed by atoms with Crippen molar-refractivity contribution in [2.45, 2.75) is 17.2 Å². The lowest BCUT2D eigenvalue weighted by Gasteiger charge is -2.18. The predicted molar refractivity (Wildman–Crippen MR) is 96.2 cm³/mol. The Hall–Kier alpha value is -1.58. The summed E-state index contributed by atoms with van der Waals surface area (Å²) in [5.41, 5.74) is 5.24. The van der Waals surface area contributed by atoms with E-state index < -0.39 is 0 Å². The molecule has 0 N–H and O–H groups in total. The minimum absolute atomic E-state index is 0.0580. The van der Waals surface area contributed by atoms with Gasteiger partial charge >= 0.3 is 0 Å². The van der Waals surface area contributed by atoms with Gasteiger partial charge in [-0.15, -0.1) is 23.4 Å². The van der Waals surface area contributed by atoms with Crippen molar-refractivity contribution in [2.24, 2.45) is 4.99 Å². The molecule has 3 rings (SSSR count). The van der Waals surface area contributed by atoms with Gasteiger partial charge in [-0.05, 0) is 43.0 Å². The van der Waals surface area contributed by atoms with Crippen LogP contribution in [0.2, 0.25) is 0 Å². The highest BCUT2D eigenvalue weighted by Crippen LogP contribution is 2.27. The standard InChI is InChI=1S/C18H17ClN2S/c1-12-3-4-14(10-20-12)18-17(9-15(19)11-21-18)13-5-7-16(22-2)8-6-13/h3-10,15H,11H2,1-2H3. The molecular formula is C18H17ClN2S. The summed E-state index contributed by atoms with van der Waals surface area (Å²) in [7, 11) is 0. The molecule has 0 bridgehead atoms. The molecule has 1 unspecified atom stereocenters. The van der Waals surface area contributed by atoms with Gasteiger partial charge in [-0.2, -0.15) is 0 Å². The molecular weight excluding hydrogens is 312 g/mol. The Bertz CT molecular complexity index is 718. The van der Waals surface area contributed by atoms with Crippen LogP contribution < -0.4 is 0 Å². The predicted octanol–water partition coefficient (Wildman–Crippen LogP) is 4.61. The minimum atomic E-state index is -0.0580. The molecule has 0 fully saturated rings. The van der Waals surface area contributed by atoms with E-state index in [9.17, 15) is 0 Å². The van der Waals surface area contributed by atoms with E-state index in [1.807, 2.05) is 19.2 Å². The van der Waals surface area contributed by atoms with Gasteiger partial charge in [-0.1, -0.05) is 18.2 Å². The van der Waals surface area contributed by atoms with E-state index >= 15 is 0 Å². The van der Waals surface area contributed by atoms with E-state index in [0.717, 1.165) is 28.1 Å². The molecule has 2 heterocycles. The second kappa shape index (κ2) is 6.67. The van der Waals surface area contributed by atoms with Crippen LogP contribution >= 0.6 is 23.4 Å². The average Bonchev–Trinajstić information content (AvgIpc) is 2.56. The molecule has 112 valence electrons. The average molecular weight is 329 g/mol. The van der Waals surface area contributed by atoms with Crippen molar-refractivity contribution >= 4 is 34.6 Å². The van der Waals surface area contributed by atoms with Gasteiger partial charge in [0.1, 0.15) is 0 Å². The lowest BCUT2D eigenvalue weighted by molar-refractivity contribution is 1.00. The topological polar surface area (TPSA) is 25.2 Å². The molecule has 1 atom stereocenters. The Morgan fingerprint density at radius 1 is 1.09 bits per heavy atom. The minimum Gasteiger partial charge on any atom is -0.282 e. The monoisotopic (exact) mass is 328 g/mol. The number of hydrogen-bond donors (Lipinski definition) is 0. The van der Waals surface area contributed by atoms with Crippen molar-refractivity contribution < 1.29 is 0 Å². The fourth-order valence-electron chi connectivity index (χ4n) is 2.43. The van der Waals surface area contributed by atoms with Gasteiger partial charge in [0.15, 0.2) is 0 Å². The van der Waals surface area contributed by atoms with Crippen molar-refractivity contribution in [1.29, 1.82) is 0 Å². The third-order valence-corrected chi connectivity index (χ3v) is 4.62. The molecule has 4 heteroatoms. The van der Waals surface area contributed by atoms with Gasteiger partial charge in [-0.3, -0.25) is 9.98 Å². The third kappa shape index (κ3) is 3.26. The summed E-state index contributed by atoms with van der Waals surface area (Å²) in [5, 5.41) is -0.0580. The molecule has 0 amide bonds. The number of allylic oxidation sites excluding steroid dienone is 1. The van der Waals surface area contributed by atoms with Crippen molar-refractivity contribution in [3.63, 3.8) is 0 Å². The summed E-state index contributed by atoms with van der Waals surface area (Å²) in [5.74, 6) is 0. The van der Waals surface area contributed by atoms with Crippen molar-refractivity contribution in [3.05, 3.63) is 65.5 Å². The smallest absolute Gasteiger partial charge is 0.0738 e. The van der Waals surface area contributed by atoms with Crippen LogP contribution in [0.4, 0.5) is 0 Å². The summed E-state index contributed by atoms with van der Waals surface area (Å²) in [6.07, 6.45) is 6.05. The van der Waals surface area contributed by atoms with Crippen LogP contribution in [0.15, 0.2) is 58.6 Å². The van der Waals surface area contributed by atoms with Gasteiger partial charge < -0.3 is 0 Å². The molecule has 0 spiro atoms. The highest BCUT2D eigenvalue weighted by atomic mass is 35.5. The number of aryl methyl sites for hydroxylation is 1. The second-order valence-corrected chi connectivity index (χ2v) is 6.64. The van der Waals surface area contributed by atoms with Crippen molar-refractivity contribution in [2.75, 3.05) is 12.8 Å². The number of alkyl halides is 1. The summed E-state index contributed by atoms with van der Waals surface area (Å²) < 4.78 is 0. The van der Waals surface area contributed by atoms with Gasteiger partial charge in [0.2, 0.25) is 0 Å². The van der Waals surface area contributed by atoms with Gasteiger partial charge in [0.05, 0.1) is 17.6 Å². The number of aliphatic imine (C=N–C) groups is 1. The highest BCUT2D eigenvalue weighted by Gasteiger charge is 2.19. The van der Waals surface area contributed by atoms with Gasteiger partial charge in [-0.25, -0.2) is 0 Å². The van der Waals surface area contributed by atoms with Crippen LogP contribution in [0, 0.1) is 6.92 Å². The number of hydrogen-bond acceptors (Lipinski definition) is 3. The Balaban J connectivity index is 2.01. The molecule has 0 saturated carbocycles. The maximum atomic E-state index is 6.29. The summed E-state index contributed by atoms with van der Waals surface area (Å²) in [6.45, 7) is 2.59. The summed E-state index contributed by atoms with van der Waals surface area (Å²) in [4.78, 5) is 10.3. The molecule has 0 aliphatic carbocycles. The van der Waals surface area contributed by atoms with Crippen LogP contribution in [-0.4, -0.2) is 28.9 Å². The van der Waals surface area contributed by atoms with E-state index in [0.29, 0.717) is 6.54 Å². The van der Waals surface area contributed by atoms with Crippen molar-refractivity contribution in [3.8, 4) is 0 Å². The molecule has 1 aromatic heterocycles. The number of benzene rings is 1. The van der Waals surface area contributed by atoms with Gasteiger partial charge in [0, 0.05) is 27.9 Å². The third-order valence-electron chi connectivity index (χ3n) is 3.61. The molecule has 1 aliphatic heterocycles. The summed E-state index contributed by atoms with van der Waals surface area (Å²) in [6, 6.07) is 12.6. The molecule has 1 aliphatic rings. The molecule has 0 radical (unpaired) electrons. The Morgan fingerprint density at radius 3 is 2.45 bits per heavy atom. The lowest BCUT2D eigenvalue weighted by Crippen LogP contribution is -2.16. The van der Waals surface area contributed by atoms with Crippen LogP contribution in [-0.2, 0) is 0 Å². The summed E-state index contributed by atoms with van der Waals surface area (Å²) >= 11 is 8.03. The largest absolute Gasteiger partial charge is 0.282 e. The van der Waals surface area contributed by atoms with E-state index in [-0.39, 0.29) is 5.38 Å². The Labute approximate surface area is 140 Å². The van der Waals surface area contributed by atoms with E-state index in [1.165, 1.54) is 4.90 Å². The Kier molecular flexibility index (Phi) is 4.65. The van der Waals surface area contributed by atoms with Crippen LogP contribution in [0.1, 0.15) is 16.8 Å². The number of pyridine rings is 1. The number of rotatable bonds is 3. The molecule has 2 nitrogen and oxygen atoms in total. The van der Waals surface area contributed by atoms with Crippen LogP contribution in [0.5, 0.6) is 0 Å². The first kappa shape index (κ1) is 15.3. The number of thioether (sulfide) groups is 1. The fraction of sp³-hybridized carbons (Fsp3) is 0.222. The first-order valence-electron chi connectivity index (χ1n) is 7.15. The zero-order valence-corrected chi connectivity index (χ0v) is 14.2. The van der Waals surface area contributed by atoms with E-state index in [4.69, 9.17) is 11.6 Å². The van der Waals surface area contributed by atoms with Crippen LogP contribution in [0.3, 0.4) is 0 Å². The van der Waals surface area contributed by atoms with E-state index in [2.05, 4.69) is 52.6 Å². The zero-order chi connectivity index (χ0) is 15.5. The molecule has 1 aromatic carbocycles. The first-order valence-corrected chi connectivity index (χ1v) is 8.81. The SMILES string of the molecule is CSc1ccc(C2=CC(Cl)CN=C2c2ccc(C)nc2)cc1. The first-order chi connectivity index (χ1) is 10.7. The van der Waals surface area contributed by atoms with Crippen LogP contribution in [0.25, 0.3) is 5.57 Å². The van der Waals surface area contributed by atoms with Gasteiger partial charge in [0.25, 0.3) is 0 Å². The number of dihydropyridines is 1. The number of nitrogens with zero attached hydrogens (tertiary/aromatic N) is 2. The number of halogens is 1. The second-order valence-electron chi connectivity index (χ2n) is 5.20. The lowest BCUT2D eigenvalue weighted by atomic mass is 9.94. The maximum Gasteiger partial charge on any atom is 0.0738 e. The fourth-order valence-corrected chi connectivity index (χ4v) is 3.04. The quantitative estimate of drug-likeness (QED) is 0.607. The molecule has 2 aromatic rings. The van der Waals surface area contributed by atoms with E-state index in [1.54, 1.807) is 11.8 Å². The Morgan fingerprint density at radius 2 is 1.82 bits per heavy atom. The number of aromatic nitrogens is 1. The normalized spacial score (nSPS) is 17.9. The highest BCUT2D eigenvalue weighted by molar-refractivity contribution is 7.98. The molecule has 0 saturated heterocycles. The zero-order valence-electron chi connectivity index (χ0n) is 12.6. The maximum absolute atomic E-state index is 6.29. The molecule has 22 heavy (non-hydrogen) atoms.